The number of carbonyl (C=O) groups excluding carboxylic acids is 1. The number of rotatable bonds is 5. The van der Waals surface area contributed by atoms with Crippen LogP contribution in [0.15, 0.2) is 33.0 Å². The average molecular weight is 330 g/mol. The molecule has 0 aromatic carbocycles. The fourth-order valence-electron chi connectivity index (χ4n) is 2.58. The van der Waals surface area contributed by atoms with Crippen LogP contribution < -0.4 is 5.56 Å². The quantitative estimate of drug-likeness (QED) is 0.713. The van der Waals surface area contributed by atoms with Crippen LogP contribution in [0.3, 0.4) is 0 Å². The fraction of sp³-hybridized carbons (Fsp3) is 0.353. The van der Waals surface area contributed by atoms with E-state index in [0.29, 0.717) is 28.9 Å². The molecule has 6 heteroatoms. The minimum Gasteiger partial charge on any atom is -0.464 e. The summed E-state index contributed by atoms with van der Waals surface area (Å²) in [6.45, 7) is 5.89. The minimum absolute atomic E-state index is 0.0586. The number of nitrogens with zero attached hydrogens (tertiary/aromatic N) is 2. The normalized spacial score (nSPS) is 11.5. The molecule has 0 saturated heterocycles. The van der Waals surface area contributed by atoms with Gasteiger partial charge in [0.25, 0.3) is 5.56 Å². The smallest absolute Gasteiger partial charge is 0.263 e. The molecule has 0 fully saturated rings. The molecule has 0 atom stereocenters. The third-order valence-electron chi connectivity index (χ3n) is 3.71. The summed E-state index contributed by atoms with van der Waals surface area (Å²) < 4.78 is 7.07. The van der Waals surface area contributed by atoms with Crippen molar-refractivity contribution in [2.24, 2.45) is 0 Å². The lowest BCUT2D eigenvalue weighted by Gasteiger charge is -2.14. The molecule has 0 aliphatic carbocycles. The van der Waals surface area contributed by atoms with Crippen molar-refractivity contribution >= 4 is 27.3 Å². The summed E-state index contributed by atoms with van der Waals surface area (Å²) in [5, 5.41) is 2.47. The van der Waals surface area contributed by atoms with Crippen LogP contribution >= 0.6 is 11.3 Å². The number of aromatic nitrogens is 2. The zero-order valence-electron chi connectivity index (χ0n) is 13.3. The lowest BCUT2D eigenvalue weighted by atomic mass is 10.1. The van der Waals surface area contributed by atoms with Crippen LogP contribution in [0.2, 0.25) is 0 Å². The molecule has 120 valence electrons. The highest BCUT2D eigenvalue weighted by Gasteiger charge is 2.19. The van der Waals surface area contributed by atoms with E-state index in [0.717, 1.165) is 11.4 Å². The molecule has 3 heterocycles. The van der Waals surface area contributed by atoms with Gasteiger partial charge in [-0.05, 0) is 19.1 Å². The van der Waals surface area contributed by atoms with Gasteiger partial charge in [-0.25, -0.2) is 4.98 Å². The molecule has 0 spiro atoms. The second kappa shape index (κ2) is 6.12. The molecule has 3 rings (SSSR count). The molecule has 0 unspecified atom stereocenters. The maximum Gasteiger partial charge on any atom is 0.263 e. The summed E-state index contributed by atoms with van der Waals surface area (Å²) in [7, 11) is 0. The summed E-state index contributed by atoms with van der Waals surface area (Å²) in [4.78, 5) is 29.7. The van der Waals surface area contributed by atoms with Crippen molar-refractivity contribution in [1.29, 1.82) is 0 Å². The van der Waals surface area contributed by atoms with E-state index < -0.39 is 0 Å². The van der Waals surface area contributed by atoms with E-state index in [4.69, 9.17) is 4.42 Å². The maximum absolute atomic E-state index is 13.0. The first-order valence-electron chi connectivity index (χ1n) is 7.54. The monoisotopic (exact) mass is 330 g/mol. The van der Waals surface area contributed by atoms with E-state index in [-0.39, 0.29) is 17.3 Å². The van der Waals surface area contributed by atoms with Gasteiger partial charge >= 0.3 is 0 Å². The molecule has 5 nitrogen and oxygen atoms in total. The minimum atomic E-state index is -0.104. The third-order valence-corrected chi connectivity index (χ3v) is 4.59. The summed E-state index contributed by atoms with van der Waals surface area (Å²) >= 11 is 1.44. The number of hydrogen-bond donors (Lipinski definition) is 0. The Labute approximate surface area is 137 Å². The Morgan fingerprint density at radius 2 is 2.22 bits per heavy atom. The van der Waals surface area contributed by atoms with Gasteiger partial charge in [-0.1, -0.05) is 13.8 Å². The van der Waals surface area contributed by atoms with Crippen LogP contribution in [0.1, 0.15) is 38.9 Å². The van der Waals surface area contributed by atoms with Gasteiger partial charge in [0, 0.05) is 29.8 Å². The molecule has 0 N–H and O–H groups in total. The first kappa shape index (κ1) is 15.7. The molecule has 3 aromatic heterocycles. The molecule has 0 radical (unpaired) electrons. The lowest BCUT2D eigenvalue weighted by molar-refractivity contribution is -0.117. The predicted octanol–water partition coefficient (Wildman–Crippen LogP) is 3.82. The lowest BCUT2D eigenvalue weighted by Crippen LogP contribution is -2.26. The Balaban J connectivity index is 2.24. The molecule has 0 bridgehead atoms. The topological polar surface area (TPSA) is 65.1 Å². The average Bonchev–Trinajstić information content (AvgIpc) is 3.14. The van der Waals surface area contributed by atoms with E-state index in [1.807, 2.05) is 25.3 Å². The van der Waals surface area contributed by atoms with E-state index in [1.165, 1.54) is 18.3 Å². The molecule has 0 aliphatic rings. The molecular weight excluding hydrogens is 312 g/mol. The maximum atomic E-state index is 13.0. The van der Waals surface area contributed by atoms with Gasteiger partial charge in [-0.2, -0.15) is 0 Å². The number of thiophene rings is 1. The predicted molar refractivity (Wildman–Crippen MR) is 91.0 cm³/mol. The Morgan fingerprint density at radius 1 is 1.43 bits per heavy atom. The SMILES string of the molecule is CC(=O)CCn1c(C(C)C)nc2scc(-c3ccco3)c2c1=O. The Kier molecular flexibility index (Phi) is 4.17. The Bertz CT molecular complexity index is 904. The van der Waals surface area contributed by atoms with E-state index in [2.05, 4.69) is 4.98 Å². The van der Waals surface area contributed by atoms with Crippen molar-refractivity contribution in [3.63, 3.8) is 0 Å². The molecule has 23 heavy (non-hydrogen) atoms. The zero-order valence-corrected chi connectivity index (χ0v) is 14.1. The standard InChI is InChI=1S/C17H18N2O3S/c1-10(2)15-18-16-14(17(21)19(15)7-6-11(3)20)12(9-23-16)13-5-4-8-22-13/h4-5,8-10H,6-7H2,1-3H3. The van der Waals surface area contributed by atoms with Gasteiger partial charge in [-0.3, -0.25) is 14.2 Å². The second-order valence-electron chi connectivity index (χ2n) is 5.84. The fourth-order valence-corrected chi connectivity index (χ4v) is 3.50. The largest absolute Gasteiger partial charge is 0.464 e. The zero-order chi connectivity index (χ0) is 16.6. The Morgan fingerprint density at radius 3 is 2.83 bits per heavy atom. The van der Waals surface area contributed by atoms with Crippen molar-refractivity contribution in [2.45, 2.75) is 39.7 Å². The van der Waals surface area contributed by atoms with Crippen LogP contribution in [-0.2, 0) is 11.3 Å². The number of fused-ring (bicyclic) bond motifs is 1. The van der Waals surface area contributed by atoms with Crippen molar-refractivity contribution in [2.75, 3.05) is 0 Å². The van der Waals surface area contributed by atoms with Crippen LogP contribution in [0.4, 0.5) is 0 Å². The van der Waals surface area contributed by atoms with E-state index >= 15 is 0 Å². The Hall–Kier alpha value is -2.21. The number of ketones is 1. The molecular formula is C17H18N2O3S. The highest BCUT2D eigenvalue weighted by molar-refractivity contribution is 7.17. The molecule has 3 aromatic rings. The summed E-state index contributed by atoms with van der Waals surface area (Å²) in [5.41, 5.74) is 0.659. The molecule has 0 aliphatic heterocycles. The van der Waals surface area contributed by atoms with Crippen LogP contribution in [-0.4, -0.2) is 15.3 Å². The van der Waals surface area contributed by atoms with Gasteiger partial charge in [0.15, 0.2) is 0 Å². The van der Waals surface area contributed by atoms with E-state index in [1.54, 1.807) is 16.9 Å². The summed E-state index contributed by atoms with van der Waals surface area (Å²) in [6.07, 6.45) is 1.91. The van der Waals surface area contributed by atoms with Crippen molar-refractivity contribution in [3.8, 4) is 11.3 Å². The van der Waals surface area contributed by atoms with Crippen molar-refractivity contribution < 1.29 is 9.21 Å². The van der Waals surface area contributed by atoms with Crippen LogP contribution in [0.25, 0.3) is 21.5 Å². The van der Waals surface area contributed by atoms with Crippen LogP contribution in [0, 0.1) is 0 Å². The molecule has 0 saturated carbocycles. The third kappa shape index (κ3) is 2.86. The van der Waals surface area contributed by atoms with Crippen LogP contribution in [0.5, 0.6) is 0 Å². The number of hydrogen-bond acceptors (Lipinski definition) is 5. The number of carbonyl (C=O) groups is 1. The summed E-state index contributed by atoms with van der Waals surface area (Å²) in [5.74, 6) is 1.54. The highest BCUT2D eigenvalue weighted by atomic mass is 32.1. The highest BCUT2D eigenvalue weighted by Crippen LogP contribution is 2.32. The first-order chi connectivity index (χ1) is 11.0. The van der Waals surface area contributed by atoms with Gasteiger partial charge in [0.05, 0.1) is 11.6 Å². The number of Topliss-reactive ketones (excluding diaryl/α,β-unsaturated/α-hetero) is 1. The van der Waals surface area contributed by atoms with Crippen molar-refractivity contribution in [1.82, 2.24) is 9.55 Å². The van der Waals surface area contributed by atoms with E-state index in [9.17, 15) is 9.59 Å². The van der Waals surface area contributed by atoms with Gasteiger partial charge in [0.1, 0.15) is 22.2 Å². The van der Waals surface area contributed by atoms with Gasteiger partial charge in [-0.15, -0.1) is 11.3 Å². The number of furan rings is 1. The van der Waals surface area contributed by atoms with Gasteiger partial charge < -0.3 is 4.42 Å². The second-order valence-corrected chi connectivity index (χ2v) is 6.70. The molecule has 0 amide bonds. The van der Waals surface area contributed by atoms with Gasteiger partial charge in [0.2, 0.25) is 0 Å². The van der Waals surface area contributed by atoms with Crippen molar-refractivity contribution in [3.05, 3.63) is 40.0 Å². The first-order valence-corrected chi connectivity index (χ1v) is 8.42. The summed E-state index contributed by atoms with van der Waals surface area (Å²) in [6, 6.07) is 3.63.